The molecule has 0 heterocycles. The zero-order valence-corrected chi connectivity index (χ0v) is 16.5. The number of carbonyl (C=O) groups excluding carboxylic acids is 1. The normalized spacial score (nSPS) is 12.4. The van der Waals surface area contributed by atoms with Gasteiger partial charge in [0.05, 0.1) is 10.7 Å². The summed E-state index contributed by atoms with van der Waals surface area (Å²) in [6.45, 7) is 1.87. The van der Waals surface area contributed by atoms with Crippen LogP contribution in [0.5, 0.6) is 0 Å². The van der Waals surface area contributed by atoms with Crippen LogP contribution in [-0.4, -0.2) is 21.0 Å². The van der Waals surface area contributed by atoms with Crippen LogP contribution in [0, 0.1) is 0 Å². The second-order valence-corrected chi connectivity index (χ2v) is 8.14. The third-order valence-electron chi connectivity index (χ3n) is 2.56. The maximum absolute atomic E-state index is 11.7. The monoisotopic (exact) mass is 435 g/mol. The Kier molecular flexibility index (Phi) is 8.48. The summed E-state index contributed by atoms with van der Waals surface area (Å²) in [4.78, 5) is 11.7. The van der Waals surface area contributed by atoms with Gasteiger partial charge in [-0.15, -0.1) is 0 Å². The fourth-order valence-corrected chi connectivity index (χ4v) is 2.43. The van der Waals surface area contributed by atoms with E-state index in [0.717, 1.165) is 0 Å². The Morgan fingerprint density at radius 1 is 1.26 bits per heavy atom. The van der Waals surface area contributed by atoms with Crippen LogP contribution in [0.15, 0.2) is 18.2 Å². The number of hydrogen-bond acceptors (Lipinski definition) is 2. The number of benzene rings is 1. The van der Waals surface area contributed by atoms with Crippen molar-refractivity contribution in [3.8, 4) is 0 Å². The molecule has 0 aliphatic heterocycles. The Labute approximate surface area is 165 Å². The van der Waals surface area contributed by atoms with Gasteiger partial charge in [-0.05, 0) is 36.8 Å². The summed E-state index contributed by atoms with van der Waals surface area (Å²) in [5.74, 6) is -0.264. The molecule has 0 unspecified atom stereocenters. The van der Waals surface area contributed by atoms with E-state index in [9.17, 15) is 4.79 Å². The molecule has 0 bridgehead atoms. The molecule has 0 spiro atoms. The van der Waals surface area contributed by atoms with Crippen LogP contribution in [0.2, 0.25) is 10.0 Å². The lowest BCUT2D eigenvalue weighted by Crippen LogP contribution is -2.56. The van der Waals surface area contributed by atoms with Gasteiger partial charge in [-0.1, -0.05) is 64.9 Å². The summed E-state index contributed by atoms with van der Waals surface area (Å²) in [6.07, 6.45) is -0.0390. The predicted octanol–water partition coefficient (Wildman–Crippen LogP) is 4.89. The number of amides is 1. The molecule has 10 heteroatoms. The average Bonchev–Trinajstić information content (AvgIpc) is 2.41. The van der Waals surface area contributed by atoms with E-state index in [0.29, 0.717) is 28.6 Å². The molecule has 0 aromatic heterocycles. The van der Waals surface area contributed by atoms with Gasteiger partial charge in [0, 0.05) is 11.4 Å². The molecule has 0 saturated heterocycles. The standard InChI is InChI=1S/C13H14Cl5N3OS/c1-2-3-10(22)20-11(13(16,17)18)21-12(23)19-9-6-7(14)4-5-8(9)15/h4-6,11H,2-3H2,1H3,(H,20,22)(H2,19,21,23)/t11-/m1/s1. The molecule has 4 nitrogen and oxygen atoms in total. The van der Waals surface area contributed by atoms with E-state index in [-0.39, 0.29) is 11.0 Å². The Hall–Kier alpha value is -0.170. The zero-order chi connectivity index (χ0) is 17.6. The van der Waals surface area contributed by atoms with Crippen LogP contribution in [0.1, 0.15) is 19.8 Å². The lowest BCUT2D eigenvalue weighted by atomic mass is 10.3. The quantitative estimate of drug-likeness (QED) is 0.349. The maximum Gasteiger partial charge on any atom is 0.228 e. The second kappa shape index (κ2) is 9.35. The first-order chi connectivity index (χ1) is 10.6. The van der Waals surface area contributed by atoms with E-state index in [2.05, 4.69) is 16.0 Å². The molecular weight excluding hydrogens is 423 g/mol. The van der Waals surface area contributed by atoms with E-state index < -0.39 is 9.96 Å². The molecule has 0 aliphatic carbocycles. The van der Waals surface area contributed by atoms with Crippen molar-refractivity contribution in [2.45, 2.75) is 29.7 Å². The molecule has 0 aliphatic rings. The number of rotatable bonds is 5. The molecule has 128 valence electrons. The molecule has 0 saturated carbocycles. The summed E-state index contributed by atoms with van der Waals surface area (Å²) in [6, 6.07) is 4.85. The highest BCUT2D eigenvalue weighted by Gasteiger charge is 2.34. The van der Waals surface area contributed by atoms with Crippen LogP contribution in [0.3, 0.4) is 0 Å². The highest BCUT2D eigenvalue weighted by Crippen LogP contribution is 2.30. The topological polar surface area (TPSA) is 53.2 Å². The average molecular weight is 438 g/mol. The third kappa shape index (κ3) is 7.50. The van der Waals surface area contributed by atoms with Gasteiger partial charge in [-0.2, -0.15) is 0 Å². The SMILES string of the molecule is CCCC(=O)N[C@H](NC(=S)Nc1cc(Cl)ccc1Cl)C(Cl)(Cl)Cl. The van der Waals surface area contributed by atoms with Gasteiger partial charge in [0.2, 0.25) is 9.70 Å². The van der Waals surface area contributed by atoms with Gasteiger partial charge in [-0.3, -0.25) is 4.79 Å². The third-order valence-corrected chi connectivity index (χ3v) is 4.00. The highest BCUT2D eigenvalue weighted by atomic mass is 35.6. The molecule has 1 amide bonds. The van der Waals surface area contributed by atoms with Crippen molar-refractivity contribution in [3.05, 3.63) is 28.2 Å². The molecule has 0 radical (unpaired) electrons. The number of hydrogen-bond donors (Lipinski definition) is 3. The summed E-state index contributed by atoms with van der Waals surface area (Å²) in [5.41, 5.74) is 0.486. The van der Waals surface area contributed by atoms with Gasteiger partial charge < -0.3 is 16.0 Å². The van der Waals surface area contributed by atoms with E-state index in [1.54, 1.807) is 18.2 Å². The van der Waals surface area contributed by atoms with E-state index in [1.165, 1.54) is 0 Å². The molecule has 1 aromatic rings. The van der Waals surface area contributed by atoms with Crippen molar-refractivity contribution in [3.63, 3.8) is 0 Å². The molecule has 1 aromatic carbocycles. The molecule has 0 fully saturated rings. The van der Waals surface area contributed by atoms with Crippen molar-refractivity contribution in [1.29, 1.82) is 0 Å². The Balaban J connectivity index is 2.77. The Morgan fingerprint density at radius 2 is 1.91 bits per heavy atom. The summed E-state index contributed by atoms with van der Waals surface area (Å²) in [5, 5.41) is 9.15. The smallest absolute Gasteiger partial charge is 0.228 e. The first kappa shape index (κ1) is 20.9. The summed E-state index contributed by atoms with van der Waals surface area (Å²) in [7, 11) is 0. The minimum absolute atomic E-state index is 0.113. The molecule has 3 N–H and O–H groups in total. The first-order valence-electron chi connectivity index (χ1n) is 6.52. The van der Waals surface area contributed by atoms with Crippen LogP contribution < -0.4 is 16.0 Å². The predicted molar refractivity (Wildman–Crippen MR) is 103 cm³/mol. The van der Waals surface area contributed by atoms with Crippen molar-refractivity contribution in [1.82, 2.24) is 10.6 Å². The lowest BCUT2D eigenvalue weighted by Gasteiger charge is -2.27. The number of thiocarbonyl (C=S) groups is 1. The molecular formula is C13H14Cl5N3OS. The van der Waals surface area contributed by atoms with Crippen LogP contribution >= 0.6 is 70.2 Å². The minimum atomic E-state index is -1.80. The van der Waals surface area contributed by atoms with Gasteiger partial charge in [0.15, 0.2) is 5.11 Å². The Bertz CT molecular complexity index is 579. The van der Waals surface area contributed by atoms with E-state index >= 15 is 0 Å². The van der Waals surface area contributed by atoms with Crippen molar-refractivity contribution in [2.75, 3.05) is 5.32 Å². The number of halogens is 5. The summed E-state index contributed by atoms with van der Waals surface area (Å²) >= 11 is 34.7. The molecule has 1 rings (SSSR count). The highest BCUT2D eigenvalue weighted by molar-refractivity contribution is 7.80. The van der Waals surface area contributed by atoms with E-state index in [1.807, 2.05) is 6.92 Å². The molecule has 23 heavy (non-hydrogen) atoms. The van der Waals surface area contributed by atoms with Gasteiger partial charge in [0.25, 0.3) is 0 Å². The van der Waals surface area contributed by atoms with Crippen molar-refractivity contribution < 1.29 is 4.79 Å². The molecule has 1 atom stereocenters. The largest absolute Gasteiger partial charge is 0.339 e. The van der Waals surface area contributed by atoms with Crippen LogP contribution in [-0.2, 0) is 4.79 Å². The van der Waals surface area contributed by atoms with Crippen LogP contribution in [0.25, 0.3) is 0 Å². The van der Waals surface area contributed by atoms with Crippen molar-refractivity contribution in [2.24, 2.45) is 0 Å². The van der Waals surface area contributed by atoms with E-state index in [4.69, 9.17) is 70.2 Å². The lowest BCUT2D eigenvalue weighted by molar-refractivity contribution is -0.121. The number of alkyl halides is 3. The number of carbonyl (C=O) groups is 1. The number of anilines is 1. The van der Waals surface area contributed by atoms with Gasteiger partial charge in [0.1, 0.15) is 6.17 Å². The Morgan fingerprint density at radius 3 is 2.48 bits per heavy atom. The maximum atomic E-state index is 11.7. The zero-order valence-electron chi connectivity index (χ0n) is 11.9. The van der Waals surface area contributed by atoms with Crippen LogP contribution in [0.4, 0.5) is 5.69 Å². The summed E-state index contributed by atoms with van der Waals surface area (Å²) < 4.78 is -1.80. The van der Waals surface area contributed by atoms with Gasteiger partial charge >= 0.3 is 0 Å². The number of nitrogens with one attached hydrogen (secondary N) is 3. The fraction of sp³-hybridized carbons (Fsp3) is 0.385. The van der Waals surface area contributed by atoms with Crippen molar-refractivity contribution >= 4 is 86.9 Å². The fourth-order valence-electron chi connectivity index (χ4n) is 1.54. The minimum Gasteiger partial charge on any atom is -0.339 e. The second-order valence-electron chi connectivity index (χ2n) is 4.51. The van der Waals surface area contributed by atoms with Gasteiger partial charge in [-0.25, -0.2) is 0 Å². The first-order valence-corrected chi connectivity index (χ1v) is 8.82.